The Balaban J connectivity index is 1.94. The highest BCUT2D eigenvalue weighted by atomic mass is 16.5. The van der Waals surface area contributed by atoms with E-state index in [0.717, 1.165) is 23.3 Å². The summed E-state index contributed by atoms with van der Waals surface area (Å²) in [5.74, 6) is 0.736. The van der Waals surface area contributed by atoms with E-state index < -0.39 is 0 Å². The molecule has 116 valence electrons. The fraction of sp³-hybridized carbons (Fsp3) is 0.278. The topological polar surface area (TPSA) is 64.3 Å². The number of hydrogen-bond acceptors (Lipinski definition) is 3. The smallest absolute Gasteiger partial charge is 0.251 e. The highest BCUT2D eigenvalue weighted by molar-refractivity contribution is 5.96. The van der Waals surface area contributed by atoms with Crippen LogP contribution in [0.5, 0.6) is 5.75 Å². The molecule has 2 rings (SSSR count). The molecule has 0 unspecified atom stereocenters. The van der Waals surface area contributed by atoms with Crippen LogP contribution in [0.25, 0.3) is 0 Å². The van der Waals surface area contributed by atoms with Gasteiger partial charge in [-0.1, -0.05) is 25.1 Å². The zero-order valence-electron chi connectivity index (χ0n) is 13.1. The van der Waals surface area contributed by atoms with Gasteiger partial charge in [0, 0.05) is 17.8 Å². The standard InChI is InChI=1S/C18H22N2O2/c1-3-10-22-16-8-5-14(6-9-16)12-20-18(21)17-11-15(19)7-4-13(17)2/h4-9,11H,3,10,12,19H2,1-2H3,(H,20,21). The molecule has 3 N–H and O–H groups in total. The highest BCUT2D eigenvalue weighted by Crippen LogP contribution is 2.14. The number of nitrogens with two attached hydrogens (primary N) is 1. The Morgan fingerprint density at radius 3 is 2.59 bits per heavy atom. The van der Waals surface area contributed by atoms with Gasteiger partial charge in [-0.15, -0.1) is 0 Å². The average Bonchev–Trinajstić information content (AvgIpc) is 2.54. The second-order valence-corrected chi connectivity index (χ2v) is 5.25. The first-order valence-corrected chi connectivity index (χ1v) is 7.46. The summed E-state index contributed by atoms with van der Waals surface area (Å²) >= 11 is 0. The maximum absolute atomic E-state index is 12.2. The molecule has 0 atom stereocenters. The van der Waals surface area contributed by atoms with E-state index in [1.165, 1.54) is 0 Å². The number of rotatable bonds is 6. The summed E-state index contributed by atoms with van der Waals surface area (Å²) in [5.41, 5.74) is 8.88. The van der Waals surface area contributed by atoms with Gasteiger partial charge in [-0.2, -0.15) is 0 Å². The third-order valence-electron chi connectivity index (χ3n) is 3.36. The van der Waals surface area contributed by atoms with Gasteiger partial charge in [0.2, 0.25) is 0 Å². The molecule has 1 amide bonds. The fourth-order valence-electron chi connectivity index (χ4n) is 2.09. The number of carbonyl (C=O) groups excluding carboxylic acids is 1. The van der Waals surface area contributed by atoms with Crippen LogP contribution in [0.2, 0.25) is 0 Å². The van der Waals surface area contributed by atoms with Crippen molar-refractivity contribution in [1.82, 2.24) is 5.32 Å². The first kappa shape index (κ1) is 15.9. The lowest BCUT2D eigenvalue weighted by Gasteiger charge is -2.09. The summed E-state index contributed by atoms with van der Waals surface area (Å²) in [7, 11) is 0. The largest absolute Gasteiger partial charge is 0.494 e. The molecule has 0 fully saturated rings. The van der Waals surface area contributed by atoms with Gasteiger partial charge in [0.1, 0.15) is 5.75 Å². The summed E-state index contributed by atoms with van der Waals surface area (Å²) in [6.45, 7) is 5.16. The van der Waals surface area contributed by atoms with Crippen LogP contribution in [0.4, 0.5) is 5.69 Å². The van der Waals surface area contributed by atoms with Crippen LogP contribution in [0, 0.1) is 6.92 Å². The van der Waals surface area contributed by atoms with Gasteiger partial charge in [-0.3, -0.25) is 4.79 Å². The molecule has 0 saturated carbocycles. The number of hydrogen-bond donors (Lipinski definition) is 2. The van der Waals surface area contributed by atoms with E-state index in [0.29, 0.717) is 24.4 Å². The number of anilines is 1. The summed E-state index contributed by atoms with van der Waals surface area (Å²) in [6.07, 6.45) is 0.983. The minimum Gasteiger partial charge on any atom is -0.494 e. The minimum atomic E-state index is -0.115. The molecule has 0 aromatic heterocycles. The van der Waals surface area contributed by atoms with Gasteiger partial charge in [-0.25, -0.2) is 0 Å². The number of nitrogen functional groups attached to an aromatic ring is 1. The lowest BCUT2D eigenvalue weighted by molar-refractivity contribution is 0.0950. The molecule has 22 heavy (non-hydrogen) atoms. The summed E-state index contributed by atoms with van der Waals surface area (Å²) in [4.78, 5) is 12.2. The summed E-state index contributed by atoms with van der Waals surface area (Å²) in [6, 6.07) is 13.1. The van der Waals surface area contributed by atoms with Crippen molar-refractivity contribution in [3.8, 4) is 5.75 Å². The Morgan fingerprint density at radius 1 is 1.18 bits per heavy atom. The molecule has 0 saturated heterocycles. The zero-order valence-corrected chi connectivity index (χ0v) is 13.1. The van der Waals surface area contributed by atoms with Gasteiger partial charge in [0.15, 0.2) is 0 Å². The van der Waals surface area contributed by atoms with Crippen LogP contribution in [0.15, 0.2) is 42.5 Å². The molecule has 0 radical (unpaired) electrons. The third kappa shape index (κ3) is 4.25. The van der Waals surface area contributed by atoms with Crippen LogP contribution in [0.1, 0.15) is 34.8 Å². The Labute approximate surface area is 131 Å². The van der Waals surface area contributed by atoms with Crippen molar-refractivity contribution in [2.75, 3.05) is 12.3 Å². The second-order valence-electron chi connectivity index (χ2n) is 5.25. The van der Waals surface area contributed by atoms with Gasteiger partial charge < -0.3 is 15.8 Å². The summed E-state index contributed by atoms with van der Waals surface area (Å²) in [5, 5.41) is 2.91. The van der Waals surface area contributed by atoms with Crippen LogP contribution >= 0.6 is 0 Å². The van der Waals surface area contributed by atoms with Gasteiger partial charge in [0.05, 0.1) is 6.61 Å². The van der Waals surface area contributed by atoms with Gasteiger partial charge in [0.25, 0.3) is 5.91 Å². The highest BCUT2D eigenvalue weighted by Gasteiger charge is 2.09. The number of aryl methyl sites for hydroxylation is 1. The Kier molecular flexibility index (Phi) is 5.42. The molecule has 0 spiro atoms. The Morgan fingerprint density at radius 2 is 1.91 bits per heavy atom. The van der Waals surface area contributed by atoms with E-state index in [4.69, 9.17) is 10.5 Å². The van der Waals surface area contributed by atoms with Crippen LogP contribution in [0.3, 0.4) is 0 Å². The first-order chi connectivity index (χ1) is 10.6. The van der Waals surface area contributed by atoms with E-state index >= 15 is 0 Å². The van der Waals surface area contributed by atoms with Crippen molar-refractivity contribution >= 4 is 11.6 Å². The van der Waals surface area contributed by atoms with E-state index in [-0.39, 0.29) is 5.91 Å². The second kappa shape index (κ2) is 7.50. The molecule has 0 heterocycles. The molecular formula is C18H22N2O2. The predicted octanol–water partition coefficient (Wildman–Crippen LogP) is 3.30. The maximum atomic E-state index is 12.2. The predicted molar refractivity (Wildman–Crippen MR) is 89.0 cm³/mol. The number of nitrogens with one attached hydrogen (secondary N) is 1. The monoisotopic (exact) mass is 298 g/mol. The van der Waals surface area contributed by atoms with Crippen molar-refractivity contribution in [3.63, 3.8) is 0 Å². The molecule has 0 aliphatic carbocycles. The third-order valence-corrected chi connectivity index (χ3v) is 3.36. The SMILES string of the molecule is CCCOc1ccc(CNC(=O)c2cc(N)ccc2C)cc1. The molecule has 0 aliphatic heterocycles. The molecule has 0 aliphatic rings. The van der Waals surface area contributed by atoms with Crippen molar-refractivity contribution in [2.45, 2.75) is 26.8 Å². The lowest BCUT2D eigenvalue weighted by atomic mass is 10.1. The maximum Gasteiger partial charge on any atom is 0.251 e. The fourth-order valence-corrected chi connectivity index (χ4v) is 2.09. The molecule has 0 bridgehead atoms. The molecule has 4 nitrogen and oxygen atoms in total. The molecule has 2 aromatic rings. The Hall–Kier alpha value is -2.49. The van der Waals surface area contributed by atoms with Gasteiger partial charge in [-0.05, 0) is 48.7 Å². The molecule has 4 heteroatoms. The lowest BCUT2D eigenvalue weighted by Crippen LogP contribution is -2.23. The van der Waals surface area contributed by atoms with Crippen molar-refractivity contribution in [1.29, 1.82) is 0 Å². The average molecular weight is 298 g/mol. The van der Waals surface area contributed by atoms with Crippen molar-refractivity contribution < 1.29 is 9.53 Å². The molecular weight excluding hydrogens is 276 g/mol. The van der Waals surface area contributed by atoms with Gasteiger partial charge >= 0.3 is 0 Å². The Bertz CT molecular complexity index is 636. The van der Waals surface area contributed by atoms with Crippen LogP contribution in [-0.4, -0.2) is 12.5 Å². The quantitative estimate of drug-likeness (QED) is 0.804. The minimum absolute atomic E-state index is 0.115. The number of amides is 1. The normalized spacial score (nSPS) is 10.3. The molecule has 2 aromatic carbocycles. The number of carbonyl (C=O) groups is 1. The number of benzene rings is 2. The van der Waals surface area contributed by atoms with Crippen LogP contribution < -0.4 is 15.8 Å². The van der Waals surface area contributed by atoms with Crippen molar-refractivity contribution in [3.05, 3.63) is 59.2 Å². The van der Waals surface area contributed by atoms with E-state index in [1.54, 1.807) is 12.1 Å². The number of ether oxygens (including phenoxy) is 1. The first-order valence-electron chi connectivity index (χ1n) is 7.46. The van der Waals surface area contributed by atoms with Crippen LogP contribution in [-0.2, 0) is 6.54 Å². The van der Waals surface area contributed by atoms with E-state index in [9.17, 15) is 4.79 Å². The summed E-state index contributed by atoms with van der Waals surface area (Å²) < 4.78 is 5.53. The van der Waals surface area contributed by atoms with Crippen molar-refractivity contribution in [2.24, 2.45) is 0 Å². The zero-order chi connectivity index (χ0) is 15.9. The van der Waals surface area contributed by atoms with E-state index in [1.807, 2.05) is 37.3 Å². The van der Waals surface area contributed by atoms with E-state index in [2.05, 4.69) is 12.2 Å².